The summed E-state index contributed by atoms with van der Waals surface area (Å²) in [7, 11) is 7.84. The van der Waals surface area contributed by atoms with Crippen molar-refractivity contribution >= 4 is 28.0 Å². The molecule has 6 nitrogen and oxygen atoms in total. The molecule has 0 aliphatic rings. The summed E-state index contributed by atoms with van der Waals surface area (Å²) in [6.45, 7) is 4.22. The quantitative estimate of drug-likeness (QED) is 0.353. The van der Waals surface area contributed by atoms with Gasteiger partial charge in [0.2, 0.25) is 0 Å². The van der Waals surface area contributed by atoms with Crippen LogP contribution >= 0.6 is 0 Å². The van der Waals surface area contributed by atoms with Crippen molar-refractivity contribution in [2.45, 2.75) is 18.8 Å². The highest BCUT2D eigenvalue weighted by atomic mass is 16.3. The fourth-order valence-electron chi connectivity index (χ4n) is 4.40. The fraction of sp³-hybridized carbons (Fsp3) is 0.280. The average Bonchev–Trinajstić information content (AvgIpc) is 3.43. The van der Waals surface area contributed by atoms with E-state index in [1.807, 2.05) is 45.0 Å². The Morgan fingerprint density at radius 2 is 1.77 bits per heavy atom. The molecule has 2 aromatic carbocycles. The molecule has 0 bridgehead atoms. The van der Waals surface area contributed by atoms with Crippen molar-refractivity contribution in [3.05, 3.63) is 67.1 Å². The van der Waals surface area contributed by atoms with Crippen LogP contribution in [0.5, 0.6) is 0 Å². The standard InChI is InChI=1S/C25H30N5O/c1-6-16(13-18-9-8-12-31-18)25-20-11-7-10-19(24(20)29-30(25)5)23-21(27-3)14-17(26-2)15-22(23)28-4/h7-12,14-16,26-28H,1,6,13H2,2-5H3. The van der Waals surface area contributed by atoms with Crippen LogP contribution in [0.3, 0.4) is 0 Å². The topological polar surface area (TPSA) is 67.1 Å². The molecule has 2 aromatic heterocycles. The third-order valence-corrected chi connectivity index (χ3v) is 5.91. The van der Waals surface area contributed by atoms with E-state index in [-0.39, 0.29) is 5.92 Å². The molecule has 1 unspecified atom stereocenters. The Morgan fingerprint density at radius 1 is 1.03 bits per heavy atom. The van der Waals surface area contributed by atoms with Gasteiger partial charge in [-0.25, -0.2) is 0 Å². The molecule has 0 amide bonds. The zero-order valence-corrected chi connectivity index (χ0v) is 18.6. The number of nitrogens with zero attached hydrogens (tertiary/aromatic N) is 2. The SMILES string of the molecule is [CH2]CC(Cc1ccco1)c1c2cccc(-c3c(NC)cc(NC)cc3NC)c2nn1C. The molecule has 0 saturated heterocycles. The summed E-state index contributed by atoms with van der Waals surface area (Å²) >= 11 is 0. The minimum absolute atomic E-state index is 0.218. The Labute approximate surface area is 183 Å². The Kier molecular flexibility index (Phi) is 5.89. The van der Waals surface area contributed by atoms with Gasteiger partial charge in [0.15, 0.2) is 0 Å². The number of anilines is 3. The minimum atomic E-state index is 0.218. The largest absolute Gasteiger partial charge is 0.469 e. The molecule has 31 heavy (non-hydrogen) atoms. The van der Waals surface area contributed by atoms with E-state index in [0.717, 1.165) is 57.7 Å². The summed E-state index contributed by atoms with van der Waals surface area (Å²) in [5.41, 5.74) is 7.51. The molecule has 4 rings (SSSR count). The van der Waals surface area contributed by atoms with Crippen molar-refractivity contribution in [2.75, 3.05) is 37.1 Å². The first kappa shape index (κ1) is 20.8. The highest BCUT2D eigenvalue weighted by Gasteiger charge is 2.23. The van der Waals surface area contributed by atoms with Crippen LogP contribution in [0.2, 0.25) is 0 Å². The van der Waals surface area contributed by atoms with Gasteiger partial charge < -0.3 is 20.4 Å². The van der Waals surface area contributed by atoms with Gasteiger partial charge >= 0.3 is 0 Å². The maximum atomic E-state index is 5.61. The number of hydrogen-bond donors (Lipinski definition) is 3. The summed E-state index contributed by atoms with van der Waals surface area (Å²) in [6.07, 6.45) is 3.29. The Hall–Kier alpha value is -3.41. The van der Waals surface area contributed by atoms with Crippen LogP contribution in [0, 0.1) is 6.92 Å². The lowest BCUT2D eigenvalue weighted by Gasteiger charge is -2.18. The molecule has 0 aliphatic carbocycles. The van der Waals surface area contributed by atoms with Gasteiger partial charge in [0, 0.05) is 79.8 Å². The van der Waals surface area contributed by atoms with Crippen molar-refractivity contribution in [3.8, 4) is 11.1 Å². The Morgan fingerprint density at radius 3 is 2.35 bits per heavy atom. The molecular weight excluding hydrogens is 386 g/mol. The highest BCUT2D eigenvalue weighted by Crippen LogP contribution is 2.42. The smallest absolute Gasteiger partial charge is 0.104 e. The van der Waals surface area contributed by atoms with E-state index in [4.69, 9.17) is 9.52 Å². The fourth-order valence-corrected chi connectivity index (χ4v) is 4.40. The first-order chi connectivity index (χ1) is 15.1. The van der Waals surface area contributed by atoms with Crippen LogP contribution in [0.15, 0.2) is 53.1 Å². The zero-order valence-electron chi connectivity index (χ0n) is 18.6. The van der Waals surface area contributed by atoms with Crippen LogP contribution in [0.25, 0.3) is 22.0 Å². The Bertz CT molecular complexity index is 1150. The first-order valence-corrected chi connectivity index (χ1v) is 10.6. The molecule has 0 aliphatic heterocycles. The number of rotatable bonds is 8. The van der Waals surface area contributed by atoms with Crippen molar-refractivity contribution in [1.82, 2.24) is 9.78 Å². The second kappa shape index (κ2) is 8.76. The van der Waals surface area contributed by atoms with Gasteiger partial charge in [0.05, 0.1) is 6.26 Å². The van der Waals surface area contributed by atoms with Crippen molar-refractivity contribution in [2.24, 2.45) is 7.05 Å². The van der Waals surface area contributed by atoms with Gasteiger partial charge in [0.25, 0.3) is 0 Å². The summed E-state index contributed by atoms with van der Waals surface area (Å²) < 4.78 is 7.62. The second-order valence-electron chi connectivity index (χ2n) is 7.68. The third kappa shape index (κ3) is 3.74. The highest BCUT2D eigenvalue weighted by molar-refractivity contribution is 6.03. The van der Waals surface area contributed by atoms with Gasteiger partial charge in [-0.15, -0.1) is 0 Å². The monoisotopic (exact) mass is 416 g/mol. The van der Waals surface area contributed by atoms with Crippen molar-refractivity contribution in [3.63, 3.8) is 0 Å². The summed E-state index contributed by atoms with van der Waals surface area (Å²) in [4.78, 5) is 0. The molecule has 1 atom stereocenters. The lowest BCUT2D eigenvalue weighted by molar-refractivity contribution is 0.477. The molecule has 2 heterocycles. The second-order valence-corrected chi connectivity index (χ2v) is 7.68. The molecule has 0 fully saturated rings. The van der Waals surface area contributed by atoms with E-state index < -0.39 is 0 Å². The average molecular weight is 417 g/mol. The minimum Gasteiger partial charge on any atom is -0.469 e. The molecule has 0 spiro atoms. The number of furan rings is 1. The first-order valence-electron chi connectivity index (χ1n) is 10.6. The lowest BCUT2D eigenvalue weighted by atomic mass is 9.92. The number of aryl methyl sites for hydroxylation is 1. The number of hydrogen-bond acceptors (Lipinski definition) is 5. The number of fused-ring (bicyclic) bond motifs is 1. The van der Waals surface area contributed by atoms with E-state index in [1.165, 1.54) is 5.69 Å². The normalized spacial score (nSPS) is 12.2. The van der Waals surface area contributed by atoms with Gasteiger partial charge in [0.1, 0.15) is 11.3 Å². The van der Waals surface area contributed by atoms with Gasteiger partial charge in [-0.05, 0) is 30.7 Å². The summed E-state index contributed by atoms with van der Waals surface area (Å²) in [5.74, 6) is 1.19. The van der Waals surface area contributed by atoms with Crippen molar-refractivity contribution in [1.29, 1.82) is 0 Å². The van der Waals surface area contributed by atoms with Crippen LogP contribution in [-0.4, -0.2) is 30.9 Å². The van der Waals surface area contributed by atoms with E-state index >= 15 is 0 Å². The van der Waals surface area contributed by atoms with E-state index in [1.54, 1.807) is 6.26 Å². The molecule has 3 N–H and O–H groups in total. The van der Waals surface area contributed by atoms with Gasteiger partial charge in [-0.2, -0.15) is 5.10 Å². The van der Waals surface area contributed by atoms with Crippen LogP contribution in [0.4, 0.5) is 17.1 Å². The Balaban J connectivity index is 1.90. The van der Waals surface area contributed by atoms with E-state index in [2.05, 4.69) is 53.2 Å². The number of nitrogens with one attached hydrogen (secondary N) is 3. The third-order valence-electron chi connectivity index (χ3n) is 5.91. The van der Waals surface area contributed by atoms with E-state index in [0.29, 0.717) is 0 Å². The summed E-state index contributed by atoms with van der Waals surface area (Å²) in [5, 5.41) is 16.1. The molecule has 1 radical (unpaired) electrons. The van der Waals surface area contributed by atoms with E-state index in [9.17, 15) is 0 Å². The molecule has 6 heteroatoms. The maximum Gasteiger partial charge on any atom is 0.104 e. The molecule has 4 aromatic rings. The van der Waals surface area contributed by atoms with Gasteiger partial charge in [-0.3, -0.25) is 4.68 Å². The molecule has 161 valence electrons. The zero-order chi connectivity index (χ0) is 22.0. The van der Waals surface area contributed by atoms with Crippen LogP contribution in [0.1, 0.15) is 23.8 Å². The predicted octanol–water partition coefficient (Wildman–Crippen LogP) is 5.51. The molecular formula is C25H30N5O. The molecule has 0 saturated carbocycles. The number of benzene rings is 2. The summed E-state index contributed by atoms with van der Waals surface area (Å²) in [6, 6.07) is 14.6. The van der Waals surface area contributed by atoms with Crippen LogP contribution in [-0.2, 0) is 13.5 Å². The predicted molar refractivity (Wildman–Crippen MR) is 130 cm³/mol. The maximum absolute atomic E-state index is 5.61. The van der Waals surface area contributed by atoms with Gasteiger partial charge in [-0.1, -0.05) is 25.1 Å². The lowest BCUT2D eigenvalue weighted by Crippen LogP contribution is -2.08. The number of aromatic nitrogens is 2. The van der Waals surface area contributed by atoms with Crippen molar-refractivity contribution < 1.29 is 4.42 Å². The van der Waals surface area contributed by atoms with Crippen LogP contribution < -0.4 is 16.0 Å².